The lowest BCUT2D eigenvalue weighted by molar-refractivity contribution is -0.137. The van der Waals surface area contributed by atoms with E-state index in [2.05, 4.69) is 5.32 Å². The second-order valence-corrected chi connectivity index (χ2v) is 5.10. The number of hydrogen-bond donors (Lipinski definition) is 2. The highest BCUT2D eigenvalue weighted by atomic mass is 32.2. The zero-order valence-electron chi connectivity index (χ0n) is 9.56. The van der Waals surface area contributed by atoms with E-state index in [4.69, 9.17) is 5.11 Å². The molecule has 94 valence electrons. The number of carbonyl (C=O) groups is 2. The summed E-state index contributed by atoms with van der Waals surface area (Å²) in [4.78, 5) is 22.9. The van der Waals surface area contributed by atoms with Gasteiger partial charge in [0.15, 0.2) is 0 Å². The molecule has 2 N–H and O–H groups in total. The van der Waals surface area contributed by atoms with Gasteiger partial charge in [-0.05, 0) is 0 Å². The fourth-order valence-electron chi connectivity index (χ4n) is 0.916. The topological polar surface area (TPSA) is 86.7 Å². The Morgan fingerprint density at radius 1 is 1.44 bits per heavy atom. The molecule has 0 bridgehead atoms. The molecular formula is C9H18N2O4S. The molecule has 0 aliphatic carbocycles. The summed E-state index contributed by atoms with van der Waals surface area (Å²) in [5.41, 5.74) is 0. The Morgan fingerprint density at radius 2 is 2.06 bits per heavy atom. The van der Waals surface area contributed by atoms with Crippen molar-refractivity contribution < 1.29 is 18.9 Å². The molecule has 0 aliphatic heterocycles. The highest BCUT2D eigenvalue weighted by Crippen LogP contribution is 1.89. The number of urea groups is 1. The Bertz CT molecular complexity index is 270. The molecule has 16 heavy (non-hydrogen) atoms. The average molecular weight is 250 g/mol. The van der Waals surface area contributed by atoms with Gasteiger partial charge in [-0.2, -0.15) is 0 Å². The van der Waals surface area contributed by atoms with Crippen molar-refractivity contribution >= 4 is 22.8 Å². The van der Waals surface area contributed by atoms with Gasteiger partial charge < -0.3 is 15.3 Å². The molecule has 0 saturated carbocycles. The lowest BCUT2D eigenvalue weighted by Gasteiger charge is -2.16. The maximum absolute atomic E-state index is 11.3. The zero-order valence-corrected chi connectivity index (χ0v) is 10.4. The van der Waals surface area contributed by atoms with Crippen LogP contribution in [-0.2, 0) is 15.6 Å². The van der Waals surface area contributed by atoms with Crippen LogP contribution in [0.5, 0.6) is 0 Å². The Labute approximate surface area is 97.5 Å². The molecule has 0 aromatic heterocycles. The Balaban J connectivity index is 3.71. The smallest absolute Gasteiger partial charge is 0.317 e. The van der Waals surface area contributed by atoms with E-state index in [1.165, 1.54) is 11.9 Å². The van der Waals surface area contributed by atoms with Crippen molar-refractivity contribution in [2.45, 2.75) is 13.3 Å². The molecule has 2 amide bonds. The third-order valence-corrected chi connectivity index (χ3v) is 3.24. The summed E-state index contributed by atoms with van der Waals surface area (Å²) in [5, 5.41) is 11.0. The van der Waals surface area contributed by atoms with Gasteiger partial charge in [0.1, 0.15) is 0 Å². The van der Waals surface area contributed by atoms with E-state index in [-0.39, 0.29) is 19.0 Å². The van der Waals surface area contributed by atoms with Crippen molar-refractivity contribution in [2.24, 2.45) is 0 Å². The van der Waals surface area contributed by atoms with E-state index in [0.29, 0.717) is 18.1 Å². The quantitative estimate of drug-likeness (QED) is 0.659. The van der Waals surface area contributed by atoms with Crippen LogP contribution in [0.4, 0.5) is 4.79 Å². The van der Waals surface area contributed by atoms with Crippen molar-refractivity contribution in [1.82, 2.24) is 10.2 Å². The van der Waals surface area contributed by atoms with Gasteiger partial charge in [0.2, 0.25) is 0 Å². The summed E-state index contributed by atoms with van der Waals surface area (Å²) in [6, 6.07) is -0.339. The van der Waals surface area contributed by atoms with Crippen LogP contribution in [0.1, 0.15) is 13.3 Å². The van der Waals surface area contributed by atoms with Crippen molar-refractivity contribution in [2.75, 3.05) is 31.6 Å². The van der Waals surface area contributed by atoms with Crippen LogP contribution in [0, 0.1) is 0 Å². The van der Waals surface area contributed by atoms with E-state index in [1.807, 2.05) is 6.92 Å². The second-order valence-electron chi connectivity index (χ2n) is 3.23. The molecule has 0 radical (unpaired) electrons. The summed E-state index contributed by atoms with van der Waals surface area (Å²) in [6.07, 6.45) is -0.0786. The molecular weight excluding hydrogens is 232 g/mol. The first-order valence-electron chi connectivity index (χ1n) is 5.03. The number of hydrogen-bond acceptors (Lipinski definition) is 3. The molecule has 0 heterocycles. The Hall–Kier alpha value is -1.11. The maximum atomic E-state index is 11.3. The molecule has 1 atom stereocenters. The van der Waals surface area contributed by atoms with E-state index in [0.717, 1.165) is 0 Å². The molecule has 0 aromatic carbocycles. The third-order valence-electron chi connectivity index (χ3n) is 1.94. The highest BCUT2D eigenvalue weighted by molar-refractivity contribution is 7.84. The van der Waals surface area contributed by atoms with Gasteiger partial charge in [-0.15, -0.1) is 0 Å². The normalized spacial score (nSPS) is 11.9. The van der Waals surface area contributed by atoms with Gasteiger partial charge >= 0.3 is 12.0 Å². The van der Waals surface area contributed by atoms with Crippen molar-refractivity contribution in [1.29, 1.82) is 0 Å². The fourth-order valence-corrected chi connectivity index (χ4v) is 1.53. The van der Waals surface area contributed by atoms with Crippen molar-refractivity contribution in [3.8, 4) is 0 Å². The molecule has 1 unspecified atom stereocenters. The molecule has 0 aromatic rings. The molecule has 0 saturated heterocycles. The van der Waals surface area contributed by atoms with Crippen LogP contribution < -0.4 is 5.32 Å². The maximum Gasteiger partial charge on any atom is 0.317 e. The van der Waals surface area contributed by atoms with Gasteiger partial charge in [-0.1, -0.05) is 6.92 Å². The molecule has 0 fully saturated rings. The fraction of sp³-hybridized carbons (Fsp3) is 0.778. The number of carbonyl (C=O) groups excluding carboxylic acids is 1. The van der Waals surface area contributed by atoms with E-state index in [9.17, 15) is 13.8 Å². The molecule has 7 heteroatoms. The number of carboxylic acids is 1. The van der Waals surface area contributed by atoms with E-state index in [1.54, 1.807) is 0 Å². The molecule has 0 spiro atoms. The first kappa shape index (κ1) is 14.9. The number of carboxylic acid groups (broad SMARTS) is 1. The van der Waals surface area contributed by atoms with Crippen LogP contribution >= 0.6 is 0 Å². The largest absolute Gasteiger partial charge is 0.481 e. The minimum absolute atomic E-state index is 0.0786. The van der Waals surface area contributed by atoms with Crippen LogP contribution in [0.25, 0.3) is 0 Å². The van der Waals surface area contributed by atoms with Gasteiger partial charge in [0, 0.05) is 42.4 Å². The summed E-state index contributed by atoms with van der Waals surface area (Å²) in [6.45, 7) is 2.33. The Morgan fingerprint density at radius 3 is 2.56 bits per heavy atom. The summed E-state index contributed by atoms with van der Waals surface area (Å²) < 4.78 is 11.0. The molecule has 0 aliphatic rings. The number of amides is 2. The van der Waals surface area contributed by atoms with E-state index < -0.39 is 16.8 Å². The van der Waals surface area contributed by atoms with Gasteiger partial charge in [-0.25, -0.2) is 4.79 Å². The second kappa shape index (κ2) is 8.09. The standard InChI is InChI=1S/C9H18N2O4S/c1-3-16(15)7-5-10-9(14)11(2)6-4-8(12)13/h3-7H2,1-2H3,(H,10,14)(H,12,13). The first-order chi connectivity index (χ1) is 7.47. The monoisotopic (exact) mass is 250 g/mol. The van der Waals surface area contributed by atoms with Crippen LogP contribution in [0.15, 0.2) is 0 Å². The molecule has 6 nitrogen and oxygen atoms in total. The summed E-state index contributed by atoms with van der Waals surface area (Å²) >= 11 is 0. The predicted molar refractivity (Wildman–Crippen MR) is 61.8 cm³/mol. The van der Waals surface area contributed by atoms with Crippen molar-refractivity contribution in [3.63, 3.8) is 0 Å². The van der Waals surface area contributed by atoms with Gasteiger partial charge in [-0.3, -0.25) is 9.00 Å². The van der Waals surface area contributed by atoms with Gasteiger partial charge in [0.25, 0.3) is 0 Å². The minimum Gasteiger partial charge on any atom is -0.481 e. The number of nitrogens with one attached hydrogen (secondary N) is 1. The molecule has 0 rings (SSSR count). The number of nitrogens with zero attached hydrogens (tertiary/aromatic N) is 1. The third kappa shape index (κ3) is 7.22. The highest BCUT2D eigenvalue weighted by Gasteiger charge is 2.09. The van der Waals surface area contributed by atoms with Gasteiger partial charge in [0.05, 0.1) is 6.42 Å². The average Bonchev–Trinajstić information content (AvgIpc) is 2.25. The van der Waals surface area contributed by atoms with Crippen LogP contribution in [0.3, 0.4) is 0 Å². The number of aliphatic carboxylic acids is 1. The summed E-state index contributed by atoms with van der Waals surface area (Å²) in [5.74, 6) is 0.0615. The predicted octanol–water partition coefficient (Wildman–Crippen LogP) is -0.129. The first-order valence-corrected chi connectivity index (χ1v) is 6.52. The summed E-state index contributed by atoms with van der Waals surface area (Å²) in [7, 11) is 0.628. The number of rotatable bonds is 7. The van der Waals surface area contributed by atoms with Crippen LogP contribution in [0.2, 0.25) is 0 Å². The van der Waals surface area contributed by atoms with E-state index >= 15 is 0 Å². The lowest BCUT2D eigenvalue weighted by Crippen LogP contribution is -2.40. The minimum atomic E-state index is -0.938. The zero-order chi connectivity index (χ0) is 12.6. The SMILES string of the molecule is CCS(=O)CCNC(=O)N(C)CCC(=O)O. The lowest BCUT2D eigenvalue weighted by atomic mass is 10.4. The van der Waals surface area contributed by atoms with Crippen LogP contribution in [-0.4, -0.2) is 57.9 Å². The Kier molecular flexibility index (Phi) is 7.53. The van der Waals surface area contributed by atoms with Crippen molar-refractivity contribution in [3.05, 3.63) is 0 Å².